The standard InChI is InChI=1S/C21H26N4OS/c1-14-7-15(2)11-25(10-14)12-17-13-27-21(23-17)24-20(26)8-16-9-22-19-6-4-3-5-18(16)19/h3-6,9,13-15,22H,7-8,10-12H2,1-2H3,(H,23,24,26). The molecule has 1 fully saturated rings. The van der Waals surface area contributed by atoms with Crippen molar-refractivity contribution >= 4 is 33.3 Å². The minimum absolute atomic E-state index is 0.0270. The second-order valence-corrected chi connectivity index (χ2v) is 8.73. The third-order valence-corrected chi connectivity index (χ3v) is 5.96. The summed E-state index contributed by atoms with van der Waals surface area (Å²) in [7, 11) is 0. The van der Waals surface area contributed by atoms with Crippen molar-refractivity contribution in [1.82, 2.24) is 14.9 Å². The maximum absolute atomic E-state index is 12.4. The number of para-hydroxylation sites is 1. The fraction of sp³-hybridized carbons (Fsp3) is 0.429. The van der Waals surface area contributed by atoms with Crippen LogP contribution in [0.3, 0.4) is 0 Å². The SMILES string of the molecule is CC1CC(C)CN(Cc2csc(NC(=O)Cc3c[nH]c4ccccc34)n2)C1. The van der Waals surface area contributed by atoms with Crippen molar-refractivity contribution in [2.24, 2.45) is 11.8 Å². The summed E-state index contributed by atoms with van der Waals surface area (Å²) < 4.78 is 0. The molecule has 2 atom stereocenters. The Morgan fingerprint density at radius 2 is 2.07 bits per heavy atom. The van der Waals surface area contributed by atoms with E-state index in [2.05, 4.69) is 39.4 Å². The number of hydrogen-bond donors (Lipinski definition) is 2. The molecule has 3 heterocycles. The van der Waals surface area contributed by atoms with Gasteiger partial charge >= 0.3 is 0 Å². The van der Waals surface area contributed by atoms with Crippen LogP contribution in [0.5, 0.6) is 0 Å². The summed E-state index contributed by atoms with van der Waals surface area (Å²) in [6, 6.07) is 8.04. The van der Waals surface area contributed by atoms with Gasteiger partial charge in [0.2, 0.25) is 5.91 Å². The summed E-state index contributed by atoms with van der Waals surface area (Å²) >= 11 is 1.51. The number of nitrogens with one attached hydrogen (secondary N) is 2. The zero-order valence-corrected chi connectivity index (χ0v) is 16.7. The van der Waals surface area contributed by atoms with Crippen LogP contribution in [-0.2, 0) is 17.8 Å². The van der Waals surface area contributed by atoms with Crippen LogP contribution in [0.2, 0.25) is 0 Å². The molecular formula is C21H26N4OS. The first-order valence-corrected chi connectivity index (χ1v) is 10.5. The molecule has 2 unspecified atom stereocenters. The normalized spacial score (nSPS) is 20.8. The fourth-order valence-corrected chi connectivity index (χ4v) is 4.92. The van der Waals surface area contributed by atoms with Gasteiger partial charge in [-0.05, 0) is 29.9 Å². The average molecular weight is 383 g/mol. The number of fused-ring (bicyclic) bond motifs is 1. The number of amides is 1. The lowest BCUT2D eigenvalue weighted by molar-refractivity contribution is -0.115. The van der Waals surface area contributed by atoms with Gasteiger partial charge in [0.05, 0.1) is 12.1 Å². The quantitative estimate of drug-likeness (QED) is 0.692. The van der Waals surface area contributed by atoms with Crippen LogP contribution in [-0.4, -0.2) is 33.9 Å². The van der Waals surface area contributed by atoms with Crippen molar-refractivity contribution < 1.29 is 4.79 Å². The molecule has 1 aliphatic rings. The Morgan fingerprint density at radius 1 is 1.30 bits per heavy atom. The molecule has 1 amide bonds. The zero-order valence-electron chi connectivity index (χ0n) is 15.9. The topological polar surface area (TPSA) is 61.0 Å². The first-order chi connectivity index (χ1) is 13.1. The van der Waals surface area contributed by atoms with Gasteiger partial charge in [-0.1, -0.05) is 32.0 Å². The molecule has 3 aromatic rings. The first-order valence-electron chi connectivity index (χ1n) is 9.58. The van der Waals surface area contributed by atoms with Crippen molar-refractivity contribution in [2.75, 3.05) is 18.4 Å². The largest absolute Gasteiger partial charge is 0.361 e. The molecule has 2 N–H and O–H groups in total. The van der Waals surface area contributed by atoms with E-state index in [1.165, 1.54) is 17.8 Å². The number of nitrogens with zero attached hydrogens (tertiary/aromatic N) is 2. The summed E-state index contributed by atoms with van der Waals surface area (Å²) in [5.74, 6) is 1.45. The summed E-state index contributed by atoms with van der Waals surface area (Å²) in [5.41, 5.74) is 3.11. The van der Waals surface area contributed by atoms with Crippen LogP contribution in [0, 0.1) is 11.8 Å². The van der Waals surface area contributed by atoms with Crippen LogP contribution in [0.15, 0.2) is 35.8 Å². The lowest BCUT2D eigenvalue weighted by Gasteiger charge is -2.34. The number of carbonyl (C=O) groups is 1. The fourth-order valence-electron chi connectivity index (χ4n) is 4.20. The van der Waals surface area contributed by atoms with E-state index < -0.39 is 0 Å². The number of likely N-dealkylation sites (tertiary alicyclic amines) is 1. The molecule has 1 saturated heterocycles. The monoisotopic (exact) mass is 382 g/mol. The molecule has 5 nitrogen and oxygen atoms in total. The number of piperidine rings is 1. The van der Waals surface area contributed by atoms with Gasteiger partial charge in [-0.2, -0.15) is 0 Å². The van der Waals surface area contributed by atoms with E-state index in [4.69, 9.17) is 0 Å². The van der Waals surface area contributed by atoms with Crippen LogP contribution < -0.4 is 5.32 Å². The number of rotatable bonds is 5. The third kappa shape index (κ3) is 4.39. The second-order valence-electron chi connectivity index (χ2n) is 7.87. The van der Waals surface area contributed by atoms with Crippen LogP contribution in [0.25, 0.3) is 10.9 Å². The minimum Gasteiger partial charge on any atom is -0.361 e. The predicted molar refractivity (Wildman–Crippen MR) is 111 cm³/mol. The van der Waals surface area contributed by atoms with Crippen molar-refractivity contribution in [3.8, 4) is 0 Å². The zero-order chi connectivity index (χ0) is 18.8. The van der Waals surface area contributed by atoms with E-state index in [1.807, 2.05) is 30.5 Å². The Labute approximate surface area is 163 Å². The highest BCUT2D eigenvalue weighted by atomic mass is 32.1. The van der Waals surface area contributed by atoms with E-state index in [0.29, 0.717) is 11.6 Å². The highest BCUT2D eigenvalue weighted by Gasteiger charge is 2.22. The van der Waals surface area contributed by atoms with E-state index in [-0.39, 0.29) is 5.91 Å². The molecule has 6 heteroatoms. The van der Waals surface area contributed by atoms with E-state index >= 15 is 0 Å². The van der Waals surface area contributed by atoms with Gasteiger partial charge < -0.3 is 10.3 Å². The molecule has 4 rings (SSSR count). The molecule has 1 aromatic carbocycles. The van der Waals surface area contributed by atoms with Gasteiger partial charge in [-0.3, -0.25) is 9.69 Å². The van der Waals surface area contributed by atoms with E-state index in [9.17, 15) is 4.79 Å². The van der Waals surface area contributed by atoms with Gasteiger partial charge in [-0.25, -0.2) is 4.98 Å². The van der Waals surface area contributed by atoms with Crippen molar-refractivity contribution in [3.63, 3.8) is 0 Å². The summed E-state index contributed by atoms with van der Waals surface area (Å²) in [6.07, 6.45) is 3.57. The van der Waals surface area contributed by atoms with Crippen molar-refractivity contribution in [2.45, 2.75) is 33.2 Å². The van der Waals surface area contributed by atoms with E-state index in [0.717, 1.165) is 53.6 Å². The number of hydrogen-bond acceptors (Lipinski definition) is 4. The summed E-state index contributed by atoms with van der Waals surface area (Å²) in [5, 5.41) is 6.80. The Kier molecular flexibility index (Phi) is 5.27. The predicted octanol–water partition coefficient (Wildman–Crippen LogP) is 4.28. The highest BCUT2D eigenvalue weighted by Crippen LogP contribution is 2.24. The summed E-state index contributed by atoms with van der Waals surface area (Å²) in [4.78, 5) is 22.8. The Morgan fingerprint density at radius 3 is 2.89 bits per heavy atom. The van der Waals surface area contributed by atoms with Crippen LogP contribution >= 0.6 is 11.3 Å². The maximum Gasteiger partial charge on any atom is 0.230 e. The van der Waals surface area contributed by atoms with Crippen molar-refractivity contribution in [1.29, 1.82) is 0 Å². The number of benzene rings is 1. The number of thiazole rings is 1. The average Bonchev–Trinajstić information content (AvgIpc) is 3.21. The molecule has 142 valence electrons. The lowest BCUT2D eigenvalue weighted by Crippen LogP contribution is -2.38. The van der Waals surface area contributed by atoms with Gasteiger partial charge in [-0.15, -0.1) is 11.3 Å². The molecule has 0 aliphatic carbocycles. The van der Waals surface area contributed by atoms with E-state index in [1.54, 1.807) is 0 Å². The third-order valence-electron chi connectivity index (χ3n) is 5.15. The molecule has 0 saturated carbocycles. The molecule has 0 radical (unpaired) electrons. The molecule has 27 heavy (non-hydrogen) atoms. The highest BCUT2D eigenvalue weighted by molar-refractivity contribution is 7.13. The molecule has 1 aliphatic heterocycles. The summed E-state index contributed by atoms with van der Waals surface area (Å²) in [6.45, 7) is 7.76. The Balaban J connectivity index is 1.35. The minimum atomic E-state index is -0.0270. The molecular weight excluding hydrogens is 356 g/mol. The first kappa shape index (κ1) is 18.2. The van der Waals surface area contributed by atoms with Gasteiger partial charge in [0.25, 0.3) is 0 Å². The molecule has 2 aromatic heterocycles. The number of anilines is 1. The lowest BCUT2D eigenvalue weighted by atomic mass is 9.92. The van der Waals surface area contributed by atoms with Gasteiger partial charge in [0, 0.05) is 42.1 Å². The Bertz CT molecular complexity index is 921. The smallest absolute Gasteiger partial charge is 0.230 e. The van der Waals surface area contributed by atoms with Gasteiger partial charge in [0.15, 0.2) is 5.13 Å². The van der Waals surface area contributed by atoms with Crippen LogP contribution in [0.4, 0.5) is 5.13 Å². The number of H-pyrrole nitrogens is 1. The molecule has 0 spiro atoms. The van der Waals surface area contributed by atoms with Crippen molar-refractivity contribution in [3.05, 3.63) is 47.1 Å². The number of carbonyl (C=O) groups excluding carboxylic acids is 1. The number of aromatic nitrogens is 2. The molecule has 0 bridgehead atoms. The Hall–Kier alpha value is -2.18. The second kappa shape index (κ2) is 7.82. The van der Waals surface area contributed by atoms with Gasteiger partial charge in [0.1, 0.15) is 0 Å². The maximum atomic E-state index is 12.4. The number of aromatic amines is 1. The van der Waals surface area contributed by atoms with Crippen LogP contribution in [0.1, 0.15) is 31.5 Å².